The van der Waals surface area contributed by atoms with Crippen molar-refractivity contribution in [3.63, 3.8) is 0 Å². The molecule has 1 aromatic rings. The minimum absolute atomic E-state index is 0.110. The predicted octanol–water partition coefficient (Wildman–Crippen LogP) is 1.58. The molecule has 0 aliphatic heterocycles. The third kappa shape index (κ3) is 3.85. The standard InChI is InChI=1S/C11H18N2O/c1-9(2)11(12)8-14-7-10-5-3-4-6-13-10/h3-6,9,11H,7-8,12H2,1-2H3/t11-/m0/s1. The van der Waals surface area contributed by atoms with Gasteiger partial charge in [0.05, 0.1) is 18.9 Å². The van der Waals surface area contributed by atoms with Crippen LogP contribution in [0.1, 0.15) is 19.5 Å². The van der Waals surface area contributed by atoms with Crippen LogP contribution in [-0.4, -0.2) is 17.6 Å². The van der Waals surface area contributed by atoms with Crippen LogP contribution in [0.4, 0.5) is 0 Å². The molecule has 0 aliphatic rings. The summed E-state index contributed by atoms with van der Waals surface area (Å²) in [7, 11) is 0. The SMILES string of the molecule is CC(C)[C@@H](N)COCc1ccccn1. The second-order valence-corrected chi connectivity index (χ2v) is 3.74. The Morgan fingerprint density at radius 2 is 2.21 bits per heavy atom. The molecule has 0 amide bonds. The lowest BCUT2D eigenvalue weighted by molar-refractivity contribution is 0.0951. The van der Waals surface area contributed by atoms with E-state index in [1.54, 1.807) is 6.20 Å². The summed E-state index contributed by atoms with van der Waals surface area (Å²) in [4.78, 5) is 4.15. The summed E-state index contributed by atoms with van der Waals surface area (Å²) < 4.78 is 5.46. The molecule has 78 valence electrons. The summed E-state index contributed by atoms with van der Waals surface area (Å²) in [6, 6.07) is 5.90. The fraction of sp³-hybridized carbons (Fsp3) is 0.545. The van der Waals surface area contributed by atoms with Gasteiger partial charge >= 0.3 is 0 Å². The van der Waals surface area contributed by atoms with Crippen LogP contribution in [0.3, 0.4) is 0 Å². The molecule has 0 unspecified atom stereocenters. The van der Waals surface area contributed by atoms with Gasteiger partial charge in [-0.2, -0.15) is 0 Å². The van der Waals surface area contributed by atoms with E-state index in [4.69, 9.17) is 10.5 Å². The first kappa shape index (κ1) is 11.1. The van der Waals surface area contributed by atoms with E-state index in [-0.39, 0.29) is 6.04 Å². The molecule has 0 saturated heterocycles. The van der Waals surface area contributed by atoms with Gasteiger partial charge in [-0.05, 0) is 18.1 Å². The van der Waals surface area contributed by atoms with Crippen LogP contribution in [0.15, 0.2) is 24.4 Å². The summed E-state index contributed by atoms with van der Waals surface area (Å²) in [6.07, 6.45) is 1.76. The zero-order valence-corrected chi connectivity index (χ0v) is 8.81. The number of hydrogen-bond donors (Lipinski definition) is 1. The van der Waals surface area contributed by atoms with Gasteiger partial charge in [0.1, 0.15) is 0 Å². The molecule has 0 aromatic carbocycles. The van der Waals surface area contributed by atoms with Crippen molar-refractivity contribution < 1.29 is 4.74 Å². The highest BCUT2D eigenvalue weighted by atomic mass is 16.5. The fourth-order valence-corrected chi connectivity index (χ4v) is 0.976. The predicted molar refractivity (Wildman–Crippen MR) is 56.7 cm³/mol. The van der Waals surface area contributed by atoms with Crippen molar-refractivity contribution in [1.29, 1.82) is 0 Å². The molecular formula is C11H18N2O. The smallest absolute Gasteiger partial charge is 0.0888 e. The Bertz CT molecular complexity index is 249. The fourth-order valence-electron chi connectivity index (χ4n) is 0.976. The van der Waals surface area contributed by atoms with Gasteiger partial charge < -0.3 is 10.5 Å². The van der Waals surface area contributed by atoms with Crippen LogP contribution < -0.4 is 5.73 Å². The molecule has 14 heavy (non-hydrogen) atoms. The quantitative estimate of drug-likeness (QED) is 0.774. The Morgan fingerprint density at radius 3 is 2.79 bits per heavy atom. The van der Waals surface area contributed by atoms with E-state index in [2.05, 4.69) is 18.8 Å². The largest absolute Gasteiger partial charge is 0.374 e. The number of aromatic nitrogens is 1. The Kier molecular flexibility index (Phi) is 4.56. The molecule has 3 heteroatoms. The third-order valence-corrected chi connectivity index (χ3v) is 2.14. The molecule has 3 nitrogen and oxygen atoms in total. The maximum atomic E-state index is 5.84. The van der Waals surface area contributed by atoms with Crippen LogP contribution in [0, 0.1) is 5.92 Å². The molecule has 1 atom stereocenters. The number of hydrogen-bond acceptors (Lipinski definition) is 3. The summed E-state index contributed by atoms with van der Waals surface area (Å²) in [5.74, 6) is 0.457. The Balaban J connectivity index is 2.22. The van der Waals surface area contributed by atoms with Crippen molar-refractivity contribution >= 4 is 0 Å². The molecule has 1 rings (SSSR count). The molecular weight excluding hydrogens is 176 g/mol. The number of ether oxygens (including phenoxy) is 1. The van der Waals surface area contributed by atoms with E-state index >= 15 is 0 Å². The molecule has 2 N–H and O–H groups in total. The molecule has 0 aliphatic carbocycles. The monoisotopic (exact) mass is 194 g/mol. The molecule has 1 aromatic heterocycles. The molecule has 0 fully saturated rings. The van der Waals surface area contributed by atoms with Gasteiger partial charge in [-0.25, -0.2) is 0 Å². The third-order valence-electron chi connectivity index (χ3n) is 2.14. The average molecular weight is 194 g/mol. The van der Waals surface area contributed by atoms with Crippen molar-refractivity contribution in [1.82, 2.24) is 4.98 Å². The van der Waals surface area contributed by atoms with Crippen LogP contribution in [0.5, 0.6) is 0 Å². The van der Waals surface area contributed by atoms with E-state index in [9.17, 15) is 0 Å². The lowest BCUT2D eigenvalue weighted by Gasteiger charge is -2.15. The number of nitrogens with zero attached hydrogens (tertiary/aromatic N) is 1. The zero-order chi connectivity index (χ0) is 10.4. The first-order chi connectivity index (χ1) is 6.70. The van der Waals surface area contributed by atoms with Gasteiger partial charge in [-0.3, -0.25) is 4.98 Å². The van der Waals surface area contributed by atoms with Crippen LogP contribution >= 0.6 is 0 Å². The van der Waals surface area contributed by atoms with Crippen molar-refractivity contribution in [2.24, 2.45) is 11.7 Å². The number of nitrogens with two attached hydrogens (primary N) is 1. The van der Waals surface area contributed by atoms with Gasteiger partial charge in [-0.15, -0.1) is 0 Å². The van der Waals surface area contributed by atoms with E-state index < -0.39 is 0 Å². The Morgan fingerprint density at radius 1 is 1.43 bits per heavy atom. The maximum absolute atomic E-state index is 5.84. The van der Waals surface area contributed by atoms with E-state index in [1.807, 2.05) is 18.2 Å². The lowest BCUT2D eigenvalue weighted by Crippen LogP contribution is -2.31. The van der Waals surface area contributed by atoms with E-state index in [1.165, 1.54) is 0 Å². The topological polar surface area (TPSA) is 48.1 Å². The maximum Gasteiger partial charge on any atom is 0.0888 e. The minimum atomic E-state index is 0.110. The zero-order valence-electron chi connectivity index (χ0n) is 8.81. The molecule has 0 bridgehead atoms. The van der Waals surface area contributed by atoms with Gasteiger partial charge in [0, 0.05) is 12.2 Å². The van der Waals surface area contributed by atoms with E-state index in [0.29, 0.717) is 19.1 Å². The second kappa shape index (κ2) is 5.73. The van der Waals surface area contributed by atoms with Gasteiger partial charge in [-0.1, -0.05) is 19.9 Å². The average Bonchev–Trinajstić information content (AvgIpc) is 2.19. The van der Waals surface area contributed by atoms with E-state index in [0.717, 1.165) is 5.69 Å². The highest BCUT2D eigenvalue weighted by Gasteiger charge is 2.07. The number of rotatable bonds is 5. The van der Waals surface area contributed by atoms with Crippen molar-refractivity contribution in [3.05, 3.63) is 30.1 Å². The Hall–Kier alpha value is -0.930. The van der Waals surface area contributed by atoms with Crippen LogP contribution in [0.2, 0.25) is 0 Å². The van der Waals surface area contributed by atoms with Crippen molar-refractivity contribution in [3.8, 4) is 0 Å². The molecule has 1 heterocycles. The normalized spacial score (nSPS) is 13.1. The highest BCUT2D eigenvalue weighted by Crippen LogP contribution is 2.01. The Labute approximate surface area is 85.3 Å². The molecule has 0 radical (unpaired) electrons. The van der Waals surface area contributed by atoms with Gasteiger partial charge in [0.25, 0.3) is 0 Å². The van der Waals surface area contributed by atoms with Crippen LogP contribution in [0.25, 0.3) is 0 Å². The second-order valence-electron chi connectivity index (χ2n) is 3.74. The first-order valence-electron chi connectivity index (χ1n) is 4.93. The van der Waals surface area contributed by atoms with Crippen molar-refractivity contribution in [2.75, 3.05) is 6.61 Å². The summed E-state index contributed by atoms with van der Waals surface area (Å²) in [6.45, 7) is 5.32. The van der Waals surface area contributed by atoms with Gasteiger partial charge in [0.15, 0.2) is 0 Å². The number of pyridine rings is 1. The summed E-state index contributed by atoms with van der Waals surface area (Å²) >= 11 is 0. The summed E-state index contributed by atoms with van der Waals surface area (Å²) in [5, 5.41) is 0. The lowest BCUT2D eigenvalue weighted by atomic mass is 10.1. The molecule has 0 spiro atoms. The van der Waals surface area contributed by atoms with Crippen molar-refractivity contribution in [2.45, 2.75) is 26.5 Å². The first-order valence-corrected chi connectivity index (χ1v) is 4.93. The van der Waals surface area contributed by atoms with Crippen LogP contribution in [-0.2, 0) is 11.3 Å². The molecule has 0 saturated carbocycles. The van der Waals surface area contributed by atoms with Gasteiger partial charge in [0.2, 0.25) is 0 Å². The minimum Gasteiger partial charge on any atom is -0.374 e. The highest BCUT2D eigenvalue weighted by molar-refractivity contribution is 5.01. The summed E-state index contributed by atoms with van der Waals surface area (Å²) in [5.41, 5.74) is 6.78.